The Hall–Kier alpha value is -2.40. The van der Waals surface area contributed by atoms with Gasteiger partial charge in [0.15, 0.2) is 11.5 Å². The molecule has 0 aromatic heterocycles. The third kappa shape index (κ3) is 4.57. The molecule has 6 heteroatoms. The topological polar surface area (TPSA) is 73.6 Å². The highest BCUT2D eigenvalue weighted by Gasteiger charge is 2.16. The van der Waals surface area contributed by atoms with Crippen molar-refractivity contribution in [3.05, 3.63) is 52.5 Å². The van der Waals surface area contributed by atoms with Crippen LogP contribution in [0.1, 0.15) is 17.5 Å². The third-order valence-electron chi connectivity index (χ3n) is 4.07. The van der Waals surface area contributed by atoms with E-state index < -0.39 is 0 Å². The number of hydrogen-bond donors (Lipinski definition) is 2. The van der Waals surface area contributed by atoms with E-state index in [4.69, 9.17) is 26.8 Å². The molecule has 25 heavy (non-hydrogen) atoms. The van der Waals surface area contributed by atoms with Crippen LogP contribution in [0.15, 0.2) is 36.4 Å². The van der Waals surface area contributed by atoms with Crippen molar-refractivity contribution in [3.63, 3.8) is 0 Å². The summed E-state index contributed by atoms with van der Waals surface area (Å²) in [7, 11) is 0. The van der Waals surface area contributed by atoms with Gasteiger partial charge in [-0.1, -0.05) is 29.8 Å². The molecule has 0 aliphatic carbocycles. The maximum atomic E-state index is 12.0. The molecule has 1 aliphatic heterocycles. The van der Waals surface area contributed by atoms with Gasteiger partial charge in [-0.2, -0.15) is 0 Å². The summed E-state index contributed by atoms with van der Waals surface area (Å²) in [4.78, 5) is 12.0. The fourth-order valence-electron chi connectivity index (χ4n) is 2.75. The van der Waals surface area contributed by atoms with Crippen molar-refractivity contribution < 1.29 is 14.3 Å². The van der Waals surface area contributed by atoms with Gasteiger partial charge in [-0.15, -0.1) is 0 Å². The zero-order valence-corrected chi connectivity index (χ0v) is 14.6. The number of benzene rings is 2. The summed E-state index contributed by atoms with van der Waals surface area (Å²) in [6.07, 6.45) is 1.72. The number of ether oxygens (including phenoxy) is 2. The smallest absolute Gasteiger partial charge is 0.220 e. The molecule has 0 atom stereocenters. The SMILES string of the molecule is Nc1ccccc1CCC(=O)NCCc1cc(Cl)c2c(c1)OCCO2. The Labute approximate surface area is 152 Å². The Morgan fingerprint density at radius 1 is 1.16 bits per heavy atom. The Morgan fingerprint density at radius 2 is 1.96 bits per heavy atom. The maximum Gasteiger partial charge on any atom is 0.220 e. The number of nitrogens with one attached hydrogen (secondary N) is 1. The molecule has 0 saturated carbocycles. The molecule has 1 amide bonds. The zero-order chi connectivity index (χ0) is 17.6. The molecule has 2 aromatic carbocycles. The van der Waals surface area contributed by atoms with Gasteiger partial charge in [0.1, 0.15) is 13.2 Å². The molecule has 1 heterocycles. The highest BCUT2D eigenvalue weighted by Crippen LogP contribution is 2.38. The van der Waals surface area contributed by atoms with Crippen molar-refractivity contribution in [3.8, 4) is 11.5 Å². The lowest BCUT2D eigenvalue weighted by atomic mass is 10.1. The van der Waals surface area contributed by atoms with Gasteiger partial charge in [-0.25, -0.2) is 0 Å². The molecule has 0 bridgehead atoms. The summed E-state index contributed by atoms with van der Waals surface area (Å²) in [6.45, 7) is 1.57. The molecular formula is C19H21ClN2O3. The van der Waals surface area contributed by atoms with E-state index in [2.05, 4.69) is 5.32 Å². The molecule has 1 aliphatic rings. The zero-order valence-electron chi connectivity index (χ0n) is 13.9. The second-order valence-corrected chi connectivity index (χ2v) is 6.31. The number of halogens is 1. The number of rotatable bonds is 6. The molecule has 0 unspecified atom stereocenters. The number of nitrogen functional groups attached to an aromatic ring is 1. The highest BCUT2D eigenvalue weighted by molar-refractivity contribution is 6.32. The highest BCUT2D eigenvalue weighted by atomic mass is 35.5. The number of fused-ring (bicyclic) bond motifs is 1. The first kappa shape index (κ1) is 17.4. The average Bonchev–Trinajstić information content (AvgIpc) is 2.61. The Bertz CT molecular complexity index is 764. The van der Waals surface area contributed by atoms with Crippen LogP contribution in [0.4, 0.5) is 5.69 Å². The van der Waals surface area contributed by atoms with Crippen LogP contribution in [0.25, 0.3) is 0 Å². The minimum atomic E-state index is 0.00638. The first-order valence-corrected chi connectivity index (χ1v) is 8.69. The lowest BCUT2D eigenvalue weighted by molar-refractivity contribution is -0.121. The normalized spacial score (nSPS) is 12.7. The van der Waals surface area contributed by atoms with E-state index in [0.29, 0.717) is 55.5 Å². The predicted octanol–water partition coefficient (Wildman–Crippen LogP) is 2.98. The monoisotopic (exact) mass is 360 g/mol. The summed E-state index contributed by atoms with van der Waals surface area (Å²) >= 11 is 6.22. The number of amides is 1. The maximum absolute atomic E-state index is 12.0. The lowest BCUT2D eigenvalue weighted by Crippen LogP contribution is -2.26. The van der Waals surface area contributed by atoms with Crippen molar-refractivity contribution in [2.24, 2.45) is 0 Å². The van der Waals surface area contributed by atoms with Crippen LogP contribution in [0.2, 0.25) is 5.02 Å². The second-order valence-electron chi connectivity index (χ2n) is 5.90. The summed E-state index contributed by atoms with van der Waals surface area (Å²) in [5, 5.41) is 3.47. The number of anilines is 1. The Morgan fingerprint density at radius 3 is 2.80 bits per heavy atom. The summed E-state index contributed by atoms with van der Waals surface area (Å²) in [6, 6.07) is 11.4. The third-order valence-corrected chi connectivity index (χ3v) is 4.35. The molecule has 5 nitrogen and oxygen atoms in total. The van der Waals surface area contributed by atoms with Crippen molar-refractivity contribution in [2.45, 2.75) is 19.3 Å². The molecule has 0 fully saturated rings. The van der Waals surface area contributed by atoms with Crippen LogP contribution in [-0.4, -0.2) is 25.7 Å². The summed E-state index contributed by atoms with van der Waals surface area (Å²) in [5.74, 6) is 1.27. The van der Waals surface area contributed by atoms with Gasteiger partial charge >= 0.3 is 0 Å². The fraction of sp³-hybridized carbons (Fsp3) is 0.316. The van der Waals surface area contributed by atoms with Crippen LogP contribution in [-0.2, 0) is 17.6 Å². The van der Waals surface area contributed by atoms with Crippen LogP contribution >= 0.6 is 11.6 Å². The first-order valence-electron chi connectivity index (χ1n) is 8.31. The number of carbonyl (C=O) groups excluding carboxylic acids is 1. The van der Waals surface area contributed by atoms with E-state index in [1.807, 2.05) is 36.4 Å². The summed E-state index contributed by atoms with van der Waals surface area (Å²) < 4.78 is 11.1. The fourth-order valence-corrected chi connectivity index (χ4v) is 3.04. The van der Waals surface area contributed by atoms with Crippen molar-refractivity contribution in [1.82, 2.24) is 5.32 Å². The number of para-hydroxylation sites is 1. The van der Waals surface area contributed by atoms with Gasteiger partial charge in [-0.3, -0.25) is 4.79 Å². The van der Waals surface area contributed by atoms with Crippen LogP contribution in [0.5, 0.6) is 11.5 Å². The lowest BCUT2D eigenvalue weighted by Gasteiger charge is -2.20. The standard InChI is InChI=1S/C19H21ClN2O3/c20-15-11-13(12-17-19(15)25-10-9-24-17)7-8-22-18(23)6-5-14-3-1-2-4-16(14)21/h1-4,11-12H,5-10,21H2,(H,22,23). The molecule has 0 spiro atoms. The van der Waals surface area contributed by atoms with Gasteiger partial charge in [-0.05, 0) is 42.2 Å². The number of aryl methyl sites for hydroxylation is 1. The minimum absolute atomic E-state index is 0.00638. The predicted molar refractivity (Wildman–Crippen MR) is 98.3 cm³/mol. The van der Waals surface area contributed by atoms with Gasteiger partial charge in [0.2, 0.25) is 5.91 Å². The van der Waals surface area contributed by atoms with E-state index in [1.165, 1.54) is 0 Å². The first-order chi connectivity index (χ1) is 12.1. The van der Waals surface area contributed by atoms with E-state index in [9.17, 15) is 4.79 Å². The van der Waals surface area contributed by atoms with E-state index in [-0.39, 0.29) is 5.91 Å². The molecule has 0 radical (unpaired) electrons. The average molecular weight is 361 g/mol. The van der Waals surface area contributed by atoms with Gasteiger partial charge in [0.25, 0.3) is 0 Å². The Kier molecular flexibility index (Phi) is 5.66. The minimum Gasteiger partial charge on any atom is -0.486 e. The molecule has 132 valence electrons. The van der Waals surface area contributed by atoms with Crippen molar-refractivity contribution >= 4 is 23.2 Å². The van der Waals surface area contributed by atoms with E-state index >= 15 is 0 Å². The largest absolute Gasteiger partial charge is 0.486 e. The molecule has 0 saturated heterocycles. The number of hydrogen-bond acceptors (Lipinski definition) is 4. The second kappa shape index (κ2) is 8.12. The van der Waals surface area contributed by atoms with Crippen LogP contribution in [0.3, 0.4) is 0 Å². The quantitative estimate of drug-likeness (QED) is 0.777. The molecule has 3 N–H and O–H groups in total. The summed E-state index contributed by atoms with van der Waals surface area (Å²) in [5.41, 5.74) is 8.61. The van der Waals surface area contributed by atoms with Crippen molar-refractivity contribution in [1.29, 1.82) is 0 Å². The molecular weight excluding hydrogens is 340 g/mol. The van der Waals surface area contributed by atoms with E-state index in [0.717, 1.165) is 16.8 Å². The molecule has 3 rings (SSSR count). The van der Waals surface area contributed by atoms with E-state index in [1.54, 1.807) is 0 Å². The van der Waals surface area contributed by atoms with Gasteiger partial charge in [0.05, 0.1) is 5.02 Å². The van der Waals surface area contributed by atoms with Crippen LogP contribution in [0, 0.1) is 0 Å². The Balaban J connectivity index is 1.47. The van der Waals surface area contributed by atoms with Crippen molar-refractivity contribution in [2.75, 3.05) is 25.5 Å². The van der Waals surface area contributed by atoms with Crippen LogP contribution < -0.4 is 20.5 Å². The number of carbonyl (C=O) groups is 1. The van der Waals surface area contributed by atoms with Gasteiger partial charge in [0, 0.05) is 18.7 Å². The number of nitrogens with two attached hydrogens (primary N) is 1. The molecule has 2 aromatic rings. The van der Waals surface area contributed by atoms with Gasteiger partial charge < -0.3 is 20.5 Å².